The van der Waals surface area contributed by atoms with Gasteiger partial charge in [0, 0.05) is 13.6 Å². The first-order chi connectivity index (χ1) is 7.47. The van der Waals surface area contributed by atoms with Crippen LogP contribution in [-0.4, -0.2) is 48.3 Å². The van der Waals surface area contributed by atoms with E-state index in [1.165, 1.54) is 7.05 Å². The molecule has 0 aliphatic carbocycles. The summed E-state index contributed by atoms with van der Waals surface area (Å²) in [4.78, 5) is 37.7. The molecule has 4 N–H and O–H groups in total. The van der Waals surface area contributed by atoms with Crippen LogP contribution in [0.4, 0.5) is 0 Å². The lowest BCUT2D eigenvalue weighted by Crippen LogP contribution is -2.58. The van der Waals surface area contributed by atoms with Crippen molar-refractivity contribution in [2.24, 2.45) is 5.41 Å². The zero-order valence-electron chi connectivity index (χ0n) is 8.94. The van der Waals surface area contributed by atoms with E-state index in [1.54, 1.807) is 6.92 Å². The number of rotatable bonds is 6. The second-order valence-electron chi connectivity index (χ2n) is 2.92. The number of carbonyl (C=O) groups excluding carboxylic acids is 2. The molecular weight excluding hydrogens is 220 g/mol. The maximum atomic E-state index is 11.6. The van der Waals surface area contributed by atoms with E-state index in [9.17, 15) is 14.4 Å². The number of amides is 2. The van der Waals surface area contributed by atoms with Crippen LogP contribution in [0.1, 0.15) is 6.92 Å². The summed E-state index contributed by atoms with van der Waals surface area (Å²) in [6.07, 6.45) is 0. The summed E-state index contributed by atoms with van der Waals surface area (Å²) in [6, 6.07) is 0. The minimum Gasteiger partial charge on any atom is -0.480 e. The van der Waals surface area contributed by atoms with Gasteiger partial charge in [-0.1, -0.05) is 0 Å². The van der Waals surface area contributed by atoms with E-state index < -0.39 is 29.8 Å². The number of carboxylic acids is 1. The Balaban J connectivity index is 5.33. The standard InChI is InChI=1S/C8H14N2O6/c1-3-10-6(12)8(4-16-15,7(13)14)5(11)9-2/h15H,3-4H2,1-2H3,(H,9,11)(H,10,12)(H,13,14). The van der Waals surface area contributed by atoms with Crippen molar-refractivity contribution >= 4 is 17.8 Å². The van der Waals surface area contributed by atoms with E-state index in [0.717, 1.165) is 0 Å². The first kappa shape index (κ1) is 14.3. The molecule has 0 aliphatic heterocycles. The molecule has 0 saturated carbocycles. The molecule has 0 bridgehead atoms. The maximum absolute atomic E-state index is 11.6. The molecule has 92 valence electrons. The van der Waals surface area contributed by atoms with Gasteiger partial charge in [0.1, 0.15) is 6.61 Å². The number of hydrogen-bond acceptors (Lipinski definition) is 5. The van der Waals surface area contributed by atoms with Crippen molar-refractivity contribution in [3.63, 3.8) is 0 Å². The number of hydrogen-bond donors (Lipinski definition) is 4. The zero-order valence-corrected chi connectivity index (χ0v) is 8.94. The molecule has 0 aromatic rings. The van der Waals surface area contributed by atoms with Crippen LogP contribution in [0.15, 0.2) is 0 Å². The van der Waals surface area contributed by atoms with Gasteiger partial charge in [-0.2, -0.15) is 0 Å². The molecule has 0 rings (SSSR count). The Labute approximate surface area is 91.5 Å². The van der Waals surface area contributed by atoms with E-state index >= 15 is 0 Å². The molecule has 16 heavy (non-hydrogen) atoms. The fraction of sp³-hybridized carbons (Fsp3) is 0.625. The Morgan fingerprint density at radius 1 is 1.31 bits per heavy atom. The topological polar surface area (TPSA) is 125 Å². The van der Waals surface area contributed by atoms with Gasteiger partial charge >= 0.3 is 5.97 Å². The highest BCUT2D eigenvalue weighted by atomic mass is 17.1. The van der Waals surface area contributed by atoms with Crippen LogP contribution in [-0.2, 0) is 19.3 Å². The molecule has 0 aromatic heterocycles. The van der Waals surface area contributed by atoms with E-state index in [4.69, 9.17) is 10.4 Å². The number of aliphatic carboxylic acids is 1. The van der Waals surface area contributed by atoms with E-state index in [1.807, 2.05) is 5.32 Å². The molecule has 0 aromatic carbocycles. The third kappa shape index (κ3) is 2.47. The second kappa shape index (κ2) is 6.03. The molecule has 0 heterocycles. The lowest BCUT2D eigenvalue weighted by atomic mass is 9.86. The van der Waals surface area contributed by atoms with Crippen LogP contribution < -0.4 is 10.6 Å². The molecule has 0 spiro atoms. The molecule has 1 atom stereocenters. The number of carboxylic acid groups (broad SMARTS) is 1. The average molecular weight is 234 g/mol. The second-order valence-corrected chi connectivity index (χ2v) is 2.92. The first-order valence-corrected chi connectivity index (χ1v) is 4.47. The monoisotopic (exact) mass is 234 g/mol. The third-order valence-electron chi connectivity index (χ3n) is 1.99. The molecule has 0 fully saturated rings. The zero-order chi connectivity index (χ0) is 12.8. The van der Waals surface area contributed by atoms with Crippen LogP contribution in [0, 0.1) is 5.41 Å². The van der Waals surface area contributed by atoms with Crippen LogP contribution in [0.3, 0.4) is 0 Å². The van der Waals surface area contributed by atoms with Crippen molar-refractivity contribution in [2.45, 2.75) is 6.92 Å². The van der Waals surface area contributed by atoms with Crippen LogP contribution in [0.25, 0.3) is 0 Å². The molecular formula is C8H14N2O6. The predicted molar refractivity (Wildman–Crippen MR) is 51.4 cm³/mol. The fourth-order valence-corrected chi connectivity index (χ4v) is 1.11. The summed E-state index contributed by atoms with van der Waals surface area (Å²) in [5.41, 5.74) is -2.49. The lowest BCUT2D eigenvalue weighted by molar-refractivity contribution is -0.259. The van der Waals surface area contributed by atoms with Crippen LogP contribution in [0.5, 0.6) is 0 Å². The highest BCUT2D eigenvalue weighted by molar-refractivity contribution is 6.20. The van der Waals surface area contributed by atoms with Gasteiger partial charge in [0.15, 0.2) is 0 Å². The summed E-state index contributed by atoms with van der Waals surface area (Å²) < 4.78 is 0. The summed E-state index contributed by atoms with van der Waals surface area (Å²) in [7, 11) is 1.18. The number of nitrogens with one attached hydrogen (secondary N) is 2. The maximum Gasteiger partial charge on any atom is 0.331 e. The molecule has 0 saturated heterocycles. The number of carbonyl (C=O) groups is 3. The quantitative estimate of drug-likeness (QED) is 0.250. The lowest BCUT2D eigenvalue weighted by Gasteiger charge is -2.24. The van der Waals surface area contributed by atoms with E-state index in [0.29, 0.717) is 0 Å². The van der Waals surface area contributed by atoms with Gasteiger partial charge in [-0.25, -0.2) is 4.89 Å². The SMILES string of the molecule is CCNC(=O)C(COO)(C(=O)O)C(=O)NC. The van der Waals surface area contributed by atoms with E-state index in [-0.39, 0.29) is 6.54 Å². The van der Waals surface area contributed by atoms with Crippen molar-refractivity contribution in [1.82, 2.24) is 10.6 Å². The van der Waals surface area contributed by atoms with Gasteiger partial charge in [0.05, 0.1) is 0 Å². The van der Waals surface area contributed by atoms with Gasteiger partial charge < -0.3 is 15.7 Å². The first-order valence-electron chi connectivity index (χ1n) is 4.47. The summed E-state index contributed by atoms with van der Waals surface area (Å²) in [6.45, 7) is 0.748. The molecule has 0 radical (unpaired) electrons. The third-order valence-corrected chi connectivity index (χ3v) is 1.99. The molecule has 2 amide bonds. The molecule has 0 aliphatic rings. The molecule has 8 heteroatoms. The van der Waals surface area contributed by atoms with Gasteiger partial charge in [-0.05, 0) is 6.92 Å². The smallest absolute Gasteiger partial charge is 0.331 e. The minimum atomic E-state index is -2.49. The summed E-state index contributed by atoms with van der Waals surface area (Å²) in [5, 5.41) is 21.5. The van der Waals surface area contributed by atoms with Crippen molar-refractivity contribution in [1.29, 1.82) is 0 Å². The Bertz CT molecular complexity index is 292. The average Bonchev–Trinajstić information content (AvgIpc) is 2.24. The van der Waals surface area contributed by atoms with Crippen LogP contribution >= 0.6 is 0 Å². The van der Waals surface area contributed by atoms with E-state index in [2.05, 4.69) is 10.2 Å². The predicted octanol–water partition coefficient (Wildman–Crippen LogP) is -1.57. The van der Waals surface area contributed by atoms with Gasteiger partial charge in [0.25, 0.3) is 0 Å². The normalized spacial score (nSPS) is 13.7. The fourth-order valence-electron chi connectivity index (χ4n) is 1.11. The Morgan fingerprint density at radius 2 is 1.88 bits per heavy atom. The van der Waals surface area contributed by atoms with Crippen molar-refractivity contribution in [2.75, 3.05) is 20.2 Å². The van der Waals surface area contributed by atoms with Crippen molar-refractivity contribution < 1.29 is 29.6 Å². The Kier molecular flexibility index (Phi) is 5.40. The Morgan fingerprint density at radius 3 is 2.19 bits per heavy atom. The molecule has 1 unspecified atom stereocenters. The summed E-state index contributed by atoms with van der Waals surface area (Å²) >= 11 is 0. The van der Waals surface area contributed by atoms with Gasteiger partial charge in [-0.3, -0.25) is 19.6 Å². The highest BCUT2D eigenvalue weighted by Crippen LogP contribution is 2.19. The Hall–Kier alpha value is -1.67. The highest BCUT2D eigenvalue weighted by Gasteiger charge is 2.53. The van der Waals surface area contributed by atoms with Crippen LogP contribution in [0.2, 0.25) is 0 Å². The van der Waals surface area contributed by atoms with Gasteiger partial charge in [0.2, 0.25) is 17.2 Å². The largest absolute Gasteiger partial charge is 0.480 e. The molecule has 8 nitrogen and oxygen atoms in total. The van der Waals surface area contributed by atoms with Crippen molar-refractivity contribution in [3.05, 3.63) is 0 Å². The van der Waals surface area contributed by atoms with Crippen molar-refractivity contribution in [3.8, 4) is 0 Å². The summed E-state index contributed by atoms with van der Waals surface area (Å²) in [5.74, 6) is -3.82. The minimum absolute atomic E-state index is 0.149. The van der Waals surface area contributed by atoms with Gasteiger partial charge in [-0.15, -0.1) is 0 Å².